The van der Waals surface area contributed by atoms with E-state index in [1.165, 1.54) is 34.9 Å². The Morgan fingerprint density at radius 2 is 2.00 bits per heavy atom. The van der Waals surface area contributed by atoms with Gasteiger partial charge < -0.3 is 0 Å². The van der Waals surface area contributed by atoms with Crippen molar-refractivity contribution < 1.29 is 4.39 Å². The van der Waals surface area contributed by atoms with Crippen LogP contribution in [0.1, 0.15) is 10.6 Å². The molecule has 0 bridgehead atoms. The van der Waals surface area contributed by atoms with Gasteiger partial charge in [-0.2, -0.15) is 0 Å². The molecule has 0 aliphatic carbocycles. The Kier molecular flexibility index (Phi) is 4.59. The van der Waals surface area contributed by atoms with Crippen molar-refractivity contribution >= 4 is 45.4 Å². The van der Waals surface area contributed by atoms with E-state index in [1.54, 1.807) is 13.2 Å². The third-order valence-electron chi connectivity index (χ3n) is 3.95. The molecule has 0 fully saturated rings. The number of aromatic nitrogens is 3. The van der Waals surface area contributed by atoms with Crippen molar-refractivity contribution in [1.29, 1.82) is 0 Å². The average molecular weight is 395 g/mol. The molecule has 4 rings (SSSR count). The fourth-order valence-corrected chi connectivity index (χ4v) is 4.75. The highest BCUT2D eigenvalue weighted by atomic mass is 32.1. The van der Waals surface area contributed by atoms with Crippen LogP contribution in [0.25, 0.3) is 31.4 Å². The number of fused-ring (bicyclic) bond motifs is 1. The van der Waals surface area contributed by atoms with Crippen LogP contribution in [0.2, 0.25) is 0 Å². The number of thiazole rings is 1. The molecule has 5 nitrogen and oxygen atoms in total. The molecule has 4 heterocycles. The number of hydrogen-bond donors (Lipinski definition) is 0. The van der Waals surface area contributed by atoms with Crippen LogP contribution >= 0.6 is 22.7 Å². The monoisotopic (exact) mass is 395 g/mol. The van der Waals surface area contributed by atoms with Crippen LogP contribution in [0, 0.1) is 12.7 Å². The van der Waals surface area contributed by atoms with Gasteiger partial charge in [0.15, 0.2) is 5.84 Å². The Morgan fingerprint density at radius 1 is 1.15 bits per heavy atom. The van der Waals surface area contributed by atoms with E-state index >= 15 is 0 Å². The molecule has 0 aromatic carbocycles. The number of rotatable bonds is 3. The van der Waals surface area contributed by atoms with E-state index in [2.05, 4.69) is 26.7 Å². The van der Waals surface area contributed by atoms with Crippen molar-refractivity contribution in [3.63, 3.8) is 0 Å². The Balaban J connectivity index is 1.77. The normalized spacial score (nSPS) is 11.9. The largest absolute Gasteiger partial charge is 0.269 e. The summed E-state index contributed by atoms with van der Waals surface area (Å²) in [5, 5.41) is 1.75. The zero-order chi connectivity index (χ0) is 19.0. The molecule has 0 saturated carbocycles. The number of aryl methyl sites for hydroxylation is 1. The highest BCUT2D eigenvalue weighted by Crippen LogP contribution is 2.36. The van der Waals surface area contributed by atoms with Gasteiger partial charge in [-0.05, 0) is 37.9 Å². The van der Waals surface area contributed by atoms with Crippen LogP contribution in [0.5, 0.6) is 0 Å². The number of aliphatic imine (C=N–C) groups is 2. The van der Waals surface area contributed by atoms with Crippen LogP contribution in [0.15, 0.2) is 46.6 Å². The molecule has 4 aromatic rings. The molecule has 0 unspecified atom stereocenters. The lowest BCUT2D eigenvalue weighted by Crippen LogP contribution is -1.90. The summed E-state index contributed by atoms with van der Waals surface area (Å²) in [7, 11) is 1.69. The van der Waals surface area contributed by atoms with Crippen LogP contribution < -0.4 is 0 Å². The number of hydrogen-bond acceptors (Lipinski definition) is 6. The minimum Gasteiger partial charge on any atom is -0.269 e. The van der Waals surface area contributed by atoms with E-state index < -0.39 is 0 Å². The molecular formula is C19H14FN5S2. The maximum absolute atomic E-state index is 13.5. The van der Waals surface area contributed by atoms with Gasteiger partial charge in [-0.25, -0.2) is 19.4 Å². The van der Waals surface area contributed by atoms with Gasteiger partial charge in [-0.3, -0.25) is 9.98 Å². The lowest BCUT2D eigenvalue weighted by Gasteiger charge is -1.98. The Morgan fingerprint density at radius 3 is 2.74 bits per heavy atom. The first-order valence-electron chi connectivity index (χ1n) is 8.02. The molecule has 4 aromatic heterocycles. The molecule has 0 N–H and O–H groups in total. The van der Waals surface area contributed by atoms with Crippen molar-refractivity contribution in [2.75, 3.05) is 7.05 Å². The number of amidine groups is 1. The summed E-state index contributed by atoms with van der Waals surface area (Å²) >= 11 is 3.00. The summed E-state index contributed by atoms with van der Waals surface area (Å²) in [6.07, 6.45) is 2.79. The van der Waals surface area contributed by atoms with Crippen LogP contribution in [-0.2, 0) is 0 Å². The minimum absolute atomic E-state index is 0.378. The fraction of sp³-hybridized carbons (Fsp3) is 0.105. The maximum atomic E-state index is 13.5. The Bertz CT molecular complexity index is 1190. The van der Waals surface area contributed by atoms with Gasteiger partial charge in [0.25, 0.3) is 0 Å². The first-order valence-corrected chi connectivity index (χ1v) is 9.65. The van der Waals surface area contributed by atoms with Crippen molar-refractivity contribution in [1.82, 2.24) is 15.0 Å². The zero-order valence-corrected chi connectivity index (χ0v) is 16.2. The highest BCUT2D eigenvalue weighted by molar-refractivity contribution is 7.20. The number of pyridine rings is 2. The predicted octanol–water partition coefficient (Wildman–Crippen LogP) is 5.01. The van der Waals surface area contributed by atoms with Gasteiger partial charge in [-0.15, -0.1) is 22.7 Å². The van der Waals surface area contributed by atoms with E-state index in [4.69, 9.17) is 4.98 Å². The van der Waals surface area contributed by atoms with Gasteiger partial charge in [0.2, 0.25) is 0 Å². The van der Waals surface area contributed by atoms with Crippen molar-refractivity contribution in [3.05, 3.63) is 53.0 Å². The molecule has 0 aliphatic heterocycles. The van der Waals surface area contributed by atoms with E-state index in [0.717, 1.165) is 36.4 Å². The van der Waals surface area contributed by atoms with Gasteiger partial charge in [-0.1, -0.05) is 0 Å². The Hall–Kier alpha value is -2.84. The van der Waals surface area contributed by atoms with E-state index in [0.29, 0.717) is 11.4 Å². The SMILES string of the molecule is C=NC(=NC)c1cc2ccc(-c3sc(-c4cncc(F)c4)nc3C)nc2s1. The molecule has 0 spiro atoms. The lowest BCUT2D eigenvalue weighted by molar-refractivity contribution is 0.622. The second-order valence-corrected chi connectivity index (χ2v) is 7.76. The van der Waals surface area contributed by atoms with Crippen LogP contribution in [0.3, 0.4) is 0 Å². The maximum Gasteiger partial charge on any atom is 0.164 e. The molecule has 27 heavy (non-hydrogen) atoms. The molecule has 8 heteroatoms. The minimum atomic E-state index is -0.378. The Labute approximate surface area is 163 Å². The van der Waals surface area contributed by atoms with Gasteiger partial charge in [0, 0.05) is 24.2 Å². The molecular weight excluding hydrogens is 381 g/mol. The predicted molar refractivity (Wildman–Crippen MR) is 111 cm³/mol. The zero-order valence-electron chi connectivity index (χ0n) is 14.6. The summed E-state index contributed by atoms with van der Waals surface area (Å²) < 4.78 is 13.5. The summed E-state index contributed by atoms with van der Waals surface area (Å²) in [4.78, 5) is 24.1. The third-order valence-corrected chi connectivity index (χ3v) is 6.22. The molecule has 0 radical (unpaired) electrons. The lowest BCUT2D eigenvalue weighted by atomic mass is 10.2. The molecule has 0 aliphatic rings. The first kappa shape index (κ1) is 17.6. The summed E-state index contributed by atoms with van der Waals surface area (Å²) in [6.45, 7) is 5.49. The number of thiophene rings is 1. The van der Waals surface area contributed by atoms with Gasteiger partial charge in [0.05, 0.1) is 27.3 Å². The van der Waals surface area contributed by atoms with Gasteiger partial charge >= 0.3 is 0 Å². The molecule has 0 atom stereocenters. The second-order valence-electron chi connectivity index (χ2n) is 5.73. The molecule has 0 saturated heterocycles. The number of nitrogens with zero attached hydrogens (tertiary/aromatic N) is 5. The summed E-state index contributed by atoms with van der Waals surface area (Å²) in [5.41, 5.74) is 2.35. The highest BCUT2D eigenvalue weighted by Gasteiger charge is 2.15. The third kappa shape index (κ3) is 3.29. The fourth-order valence-electron chi connectivity index (χ4n) is 2.70. The second kappa shape index (κ2) is 7.05. The molecule has 0 amide bonds. The van der Waals surface area contributed by atoms with Crippen molar-refractivity contribution in [2.45, 2.75) is 6.92 Å². The van der Waals surface area contributed by atoms with E-state index in [9.17, 15) is 4.39 Å². The van der Waals surface area contributed by atoms with Crippen LogP contribution in [-0.4, -0.2) is 34.6 Å². The van der Waals surface area contributed by atoms with E-state index in [-0.39, 0.29) is 5.82 Å². The van der Waals surface area contributed by atoms with Crippen molar-refractivity contribution in [2.24, 2.45) is 9.98 Å². The topological polar surface area (TPSA) is 63.4 Å². The van der Waals surface area contributed by atoms with Crippen LogP contribution in [0.4, 0.5) is 4.39 Å². The summed E-state index contributed by atoms with van der Waals surface area (Å²) in [6, 6.07) is 7.44. The smallest absolute Gasteiger partial charge is 0.164 e. The van der Waals surface area contributed by atoms with Crippen molar-refractivity contribution in [3.8, 4) is 21.1 Å². The first-order chi connectivity index (χ1) is 13.1. The van der Waals surface area contributed by atoms with E-state index in [1.807, 2.05) is 25.1 Å². The van der Waals surface area contributed by atoms with Gasteiger partial charge in [0.1, 0.15) is 15.7 Å². The quantitative estimate of drug-likeness (QED) is 0.362. The molecule has 134 valence electrons. The average Bonchev–Trinajstić information content (AvgIpc) is 3.25. The number of halogens is 1. The summed E-state index contributed by atoms with van der Waals surface area (Å²) in [5.74, 6) is 0.228. The standard InChI is InChI=1S/C19H14FN5S2/c1-10-16(27-19(24-10)12-6-13(20)9-23-8-12)14-5-4-11-7-15(17(21-2)22-3)26-18(11)25-14/h4-9H,2H2,1,3H3.